The van der Waals surface area contributed by atoms with E-state index in [1.165, 1.54) is 35.8 Å². The van der Waals surface area contributed by atoms with Crippen molar-refractivity contribution < 1.29 is 9.90 Å². The van der Waals surface area contributed by atoms with Crippen LogP contribution in [0.3, 0.4) is 0 Å². The maximum Gasteiger partial charge on any atom is 0.332 e. The number of hydrogen-bond acceptors (Lipinski definition) is 6. The van der Waals surface area contributed by atoms with Gasteiger partial charge in [0.05, 0.1) is 12.5 Å². The number of rotatable bonds is 6. The number of hydrogen-bond donors (Lipinski definition) is 2. The van der Waals surface area contributed by atoms with Crippen LogP contribution >= 0.6 is 0 Å². The fourth-order valence-electron chi connectivity index (χ4n) is 2.92. The molecule has 3 aromatic rings. The zero-order valence-corrected chi connectivity index (χ0v) is 16.0. The molecule has 10 heteroatoms. The SMILES string of the molecule is C=CCc1cccc(/C=N/NC(=O)Cn2cnc3c2c(=O)n(C)c(=O)n3C)c1O. The van der Waals surface area contributed by atoms with Gasteiger partial charge in [-0.2, -0.15) is 5.10 Å². The second kappa shape index (κ2) is 7.97. The molecule has 1 aromatic carbocycles. The normalized spacial score (nSPS) is 11.2. The van der Waals surface area contributed by atoms with Crippen LogP contribution in [0.15, 0.2) is 51.9 Å². The average molecular weight is 396 g/mol. The molecular weight excluding hydrogens is 376 g/mol. The summed E-state index contributed by atoms with van der Waals surface area (Å²) in [6.07, 6.45) is 4.83. The van der Waals surface area contributed by atoms with Gasteiger partial charge in [-0.3, -0.25) is 18.7 Å². The second-order valence-corrected chi connectivity index (χ2v) is 6.39. The zero-order valence-electron chi connectivity index (χ0n) is 16.0. The standard InChI is InChI=1S/C19H20N6O4/c1-4-6-12-7-5-8-13(16(12)27)9-21-22-14(26)10-25-11-20-17-15(25)18(28)24(3)19(29)23(17)2/h4-5,7-9,11,27H,1,6,10H2,2-3H3,(H,22,26)/b21-9+. The lowest BCUT2D eigenvalue weighted by Gasteiger charge is -2.06. The Labute approximate surface area is 165 Å². The third-order valence-corrected chi connectivity index (χ3v) is 4.44. The van der Waals surface area contributed by atoms with Gasteiger partial charge in [-0.25, -0.2) is 15.2 Å². The Morgan fingerprint density at radius 3 is 2.79 bits per heavy atom. The Kier molecular flexibility index (Phi) is 5.44. The second-order valence-electron chi connectivity index (χ2n) is 6.39. The van der Waals surface area contributed by atoms with Crippen LogP contribution in [0, 0.1) is 0 Å². The highest BCUT2D eigenvalue weighted by Gasteiger charge is 2.15. The third kappa shape index (κ3) is 3.72. The number of nitrogens with one attached hydrogen (secondary N) is 1. The molecule has 0 saturated carbocycles. The van der Waals surface area contributed by atoms with Gasteiger partial charge >= 0.3 is 5.69 Å². The fraction of sp³-hybridized carbons (Fsp3) is 0.211. The Hall–Kier alpha value is -3.95. The number of phenols is 1. The summed E-state index contributed by atoms with van der Waals surface area (Å²) in [5.74, 6) is -0.436. The van der Waals surface area contributed by atoms with E-state index in [4.69, 9.17) is 0 Å². The minimum Gasteiger partial charge on any atom is -0.507 e. The molecule has 0 spiro atoms. The predicted octanol–water partition coefficient (Wildman–Crippen LogP) is 0.0181. The van der Waals surface area contributed by atoms with Crippen molar-refractivity contribution in [2.75, 3.05) is 0 Å². The summed E-state index contributed by atoms with van der Waals surface area (Å²) in [7, 11) is 2.86. The highest BCUT2D eigenvalue weighted by atomic mass is 16.3. The number of carbonyl (C=O) groups excluding carboxylic acids is 1. The lowest BCUT2D eigenvalue weighted by molar-refractivity contribution is -0.121. The molecule has 0 aliphatic carbocycles. The van der Waals surface area contributed by atoms with Gasteiger partial charge in [-0.15, -0.1) is 6.58 Å². The van der Waals surface area contributed by atoms with Crippen molar-refractivity contribution in [2.45, 2.75) is 13.0 Å². The van der Waals surface area contributed by atoms with Crippen LogP contribution in [0.4, 0.5) is 0 Å². The molecule has 1 amide bonds. The molecule has 0 unspecified atom stereocenters. The van der Waals surface area contributed by atoms with Crippen molar-refractivity contribution in [1.82, 2.24) is 24.1 Å². The number of carbonyl (C=O) groups is 1. The molecule has 0 radical (unpaired) electrons. The number of aromatic hydroxyl groups is 1. The molecule has 2 aromatic heterocycles. The fourth-order valence-corrected chi connectivity index (χ4v) is 2.92. The molecule has 2 N–H and O–H groups in total. The molecule has 29 heavy (non-hydrogen) atoms. The number of phenolic OH excluding ortho intramolecular Hbond substituents is 1. The van der Waals surface area contributed by atoms with Gasteiger partial charge in [0.2, 0.25) is 0 Å². The lowest BCUT2D eigenvalue weighted by atomic mass is 10.1. The number of allylic oxidation sites excluding steroid dienone is 1. The van der Waals surface area contributed by atoms with E-state index in [1.54, 1.807) is 24.3 Å². The van der Waals surface area contributed by atoms with E-state index in [0.29, 0.717) is 17.5 Å². The largest absolute Gasteiger partial charge is 0.507 e. The molecule has 2 heterocycles. The first-order valence-corrected chi connectivity index (χ1v) is 8.69. The summed E-state index contributed by atoms with van der Waals surface area (Å²) >= 11 is 0. The van der Waals surface area contributed by atoms with Gasteiger partial charge in [0, 0.05) is 19.7 Å². The number of hydrazone groups is 1. The van der Waals surface area contributed by atoms with Gasteiger partial charge in [-0.1, -0.05) is 18.2 Å². The Balaban J connectivity index is 1.78. The molecule has 0 fully saturated rings. The van der Waals surface area contributed by atoms with Crippen molar-refractivity contribution in [1.29, 1.82) is 0 Å². The Morgan fingerprint density at radius 1 is 1.31 bits per heavy atom. The van der Waals surface area contributed by atoms with E-state index >= 15 is 0 Å². The summed E-state index contributed by atoms with van der Waals surface area (Å²) < 4.78 is 3.54. The third-order valence-electron chi connectivity index (χ3n) is 4.44. The van der Waals surface area contributed by atoms with E-state index in [9.17, 15) is 19.5 Å². The van der Waals surface area contributed by atoms with Gasteiger partial charge in [0.25, 0.3) is 11.5 Å². The van der Waals surface area contributed by atoms with E-state index in [-0.39, 0.29) is 23.5 Å². The Morgan fingerprint density at radius 2 is 2.07 bits per heavy atom. The van der Waals surface area contributed by atoms with E-state index in [0.717, 1.165) is 4.57 Å². The first-order chi connectivity index (χ1) is 13.8. The first kappa shape index (κ1) is 19.8. The van der Waals surface area contributed by atoms with Crippen LogP contribution in [-0.2, 0) is 31.9 Å². The summed E-state index contributed by atoms with van der Waals surface area (Å²) in [4.78, 5) is 40.6. The number of nitrogens with zero attached hydrogens (tertiary/aromatic N) is 5. The first-order valence-electron chi connectivity index (χ1n) is 8.69. The van der Waals surface area contributed by atoms with Crippen LogP contribution in [0.1, 0.15) is 11.1 Å². The smallest absolute Gasteiger partial charge is 0.332 e. The molecule has 0 saturated heterocycles. The summed E-state index contributed by atoms with van der Waals surface area (Å²) in [6, 6.07) is 5.19. The summed E-state index contributed by atoms with van der Waals surface area (Å²) in [5, 5.41) is 14.0. The molecule has 10 nitrogen and oxygen atoms in total. The van der Waals surface area contributed by atoms with Gasteiger partial charge < -0.3 is 9.67 Å². The molecule has 0 aliphatic rings. The molecule has 0 bridgehead atoms. The Bertz CT molecular complexity index is 1250. The zero-order chi connectivity index (χ0) is 21.1. The van der Waals surface area contributed by atoms with E-state index in [1.807, 2.05) is 0 Å². The number of aromatic nitrogens is 4. The molecule has 0 aliphatic heterocycles. The van der Waals surface area contributed by atoms with Crippen LogP contribution in [0.25, 0.3) is 11.2 Å². The number of benzene rings is 1. The number of para-hydroxylation sites is 1. The van der Waals surface area contributed by atoms with Crippen molar-refractivity contribution in [3.8, 4) is 5.75 Å². The molecule has 3 rings (SSSR count). The number of amides is 1. The average Bonchev–Trinajstić information content (AvgIpc) is 3.11. The number of aryl methyl sites for hydroxylation is 1. The van der Waals surface area contributed by atoms with E-state index in [2.05, 4.69) is 22.1 Å². The quantitative estimate of drug-likeness (QED) is 0.345. The maximum absolute atomic E-state index is 12.4. The van der Waals surface area contributed by atoms with Crippen molar-refractivity contribution in [2.24, 2.45) is 19.2 Å². The van der Waals surface area contributed by atoms with Gasteiger partial charge in [-0.05, 0) is 18.1 Å². The van der Waals surface area contributed by atoms with Crippen molar-refractivity contribution in [3.05, 3.63) is 69.1 Å². The van der Waals surface area contributed by atoms with Crippen LogP contribution in [0.5, 0.6) is 5.75 Å². The maximum atomic E-state index is 12.4. The van der Waals surface area contributed by atoms with Gasteiger partial charge in [0.1, 0.15) is 12.3 Å². The number of fused-ring (bicyclic) bond motifs is 1. The summed E-state index contributed by atoms with van der Waals surface area (Å²) in [6.45, 7) is 3.42. The van der Waals surface area contributed by atoms with Crippen molar-refractivity contribution in [3.63, 3.8) is 0 Å². The van der Waals surface area contributed by atoms with E-state index < -0.39 is 17.2 Å². The molecule has 150 valence electrons. The minimum atomic E-state index is -0.541. The molecular formula is C19H20N6O4. The number of imidazole rings is 1. The predicted molar refractivity (Wildman–Crippen MR) is 108 cm³/mol. The van der Waals surface area contributed by atoms with Gasteiger partial charge in [0.15, 0.2) is 11.2 Å². The highest BCUT2D eigenvalue weighted by Crippen LogP contribution is 2.21. The van der Waals surface area contributed by atoms with Crippen molar-refractivity contribution >= 4 is 23.3 Å². The minimum absolute atomic E-state index is 0.0652. The topological polar surface area (TPSA) is 124 Å². The summed E-state index contributed by atoms with van der Waals surface area (Å²) in [5.41, 5.74) is 2.78. The monoisotopic (exact) mass is 396 g/mol. The van der Waals surface area contributed by atoms with Crippen LogP contribution in [0.2, 0.25) is 0 Å². The molecule has 0 atom stereocenters. The highest BCUT2D eigenvalue weighted by molar-refractivity contribution is 5.86. The van der Waals surface area contributed by atoms with Crippen LogP contribution in [-0.4, -0.2) is 35.9 Å². The van der Waals surface area contributed by atoms with Crippen LogP contribution < -0.4 is 16.7 Å². The lowest BCUT2D eigenvalue weighted by Crippen LogP contribution is -2.38.